The molecule has 0 radical (unpaired) electrons. The molecule has 3 fully saturated rings. The molecule has 2 N–H and O–H groups in total. The highest BCUT2D eigenvalue weighted by atomic mass is 19.1. The van der Waals surface area contributed by atoms with Gasteiger partial charge in [0.05, 0.1) is 12.1 Å². The van der Waals surface area contributed by atoms with Gasteiger partial charge in [0.25, 0.3) is 0 Å². The van der Waals surface area contributed by atoms with Gasteiger partial charge in [-0.2, -0.15) is 0 Å². The van der Waals surface area contributed by atoms with Gasteiger partial charge < -0.3 is 10.6 Å². The smallest absolute Gasteiger partial charge is 0.226 e. The highest BCUT2D eigenvalue weighted by Crippen LogP contribution is 2.60. The van der Waals surface area contributed by atoms with Crippen LogP contribution in [0.3, 0.4) is 0 Å². The lowest BCUT2D eigenvalue weighted by Gasteiger charge is -2.56. The van der Waals surface area contributed by atoms with Crippen molar-refractivity contribution in [2.24, 2.45) is 23.2 Å². The molecule has 4 unspecified atom stereocenters. The van der Waals surface area contributed by atoms with Crippen LogP contribution in [0, 0.1) is 23.2 Å². The lowest BCUT2D eigenvalue weighted by molar-refractivity contribution is -0.143. The Labute approximate surface area is 175 Å². The molecule has 0 aromatic heterocycles. The van der Waals surface area contributed by atoms with E-state index in [1.165, 1.54) is 5.56 Å². The van der Waals surface area contributed by atoms with E-state index in [4.69, 9.17) is 0 Å². The van der Waals surface area contributed by atoms with Crippen LogP contribution < -0.4 is 10.6 Å². The number of benzene rings is 1. The standard InChI is InChI=1S/C25H37FN2O/c1-18-12-24(21-6-4-3-5-7-21)14-20(8-10-26)15-25(13-18,17-24)23(29)28-22-9-11-27-16-19(22)2/h3-7,18-20,22,27H,8-17H2,1-2H3,(H,28,29)/t18?,19?,20-,22?,24+,25?/m0/s1. The molecule has 2 aliphatic carbocycles. The van der Waals surface area contributed by atoms with Crippen molar-refractivity contribution in [1.29, 1.82) is 0 Å². The maximum atomic E-state index is 13.8. The predicted octanol–water partition coefficient (Wildman–Crippen LogP) is 4.61. The highest BCUT2D eigenvalue weighted by Gasteiger charge is 2.56. The zero-order valence-electron chi connectivity index (χ0n) is 18.1. The van der Waals surface area contributed by atoms with Gasteiger partial charge >= 0.3 is 0 Å². The van der Waals surface area contributed by atoms with Crippen LogP contribution in [0.2, 0.25) is 0 Å². The summed E-state index contributed by atoms with van der Waals surface area (Å²) in [5.41, 5.74) is 1.01. The van der Waals surface area contributed by atoms with E-state index in [0.717, 1.165) is 51.6 Å². The molecule has 1 aliphatic heterocycles. The summed E-state index contributed by atoms with van der Waals surface area (Å²) in [6, 6.07) is 11.0. The fraction of sp³-hybridized carbons (Fsp3) is 0.720. The molecule has 4 heteroatoms. The molecule has 160 valence electrons. The Morgan fingerprint density at radius 2 is 1.97 bits per heavy atom. The van der Waals surface area contributed by atoms with Gasteiger partial charge in [-0.05, 0) is 86.8 Å². The molecule has 6 atom stereocenters. The second kappa shape index (κ2) is 8.37. The number of hydrogen-bond acceptors (Lipinski definition) is 2. The van der Waals surface area contributed by atoms with Gasteiger partial charge in [-0.3, -0.25) is 9.18 Å². The van der Waals surface area contributed by atoms with Crippen molar-refractivity contribution in [3.63, 3.8) is 0 Å². The summed E-state index contributed by atoms with van der Waals surface area (Å²) in [5.74, 6) is 1.49. The van der Waals surface area contributed by atoms with E-state index in [2.05, 4.69) is 54.8 Å². The van der Waals surface area contributed by atoms with Gasteiger partial charge in [0, 0.05) is 6.04 Å². The molecule has 1 aromatic rings. The van der Waals surface area contributed by atoms with E-state index < -0.39 is 0 Å². The molecule has 1 amide bonds. The van der Waals surface area contributed by atoms with E-state index in [0.29, 0.717) is 18.3 Å². The summed E-state index contributed by atoms with van der Waals surface area (Å²) in [5, 5.41) is 6.89. The molecular formula is C25H37FN2O. The van der Waals surface area contributed by atoms with Gasteiger partial charge in [-0.15, -0.1) is 0 Å². The van der Waals surface area contributed by atoms with Crippen LogP contribution in [0.1, 0.15) is 64.4 Å². The minimum Gasteiger partial charge on any atom is -0.353 e. The first kappa shape index (κ1) is 20.8. The van der Waals surface area contributed by atoms with Crippen LogP contribution in [0.25, 0.3) is 0 Å². The zero-order valence-corrected chi connectivity index (χ0v) is 18.1. The Hall–Kier alpha value is -1.42. The van der Waals surface area contributed by atoms with Crippen LogP contribution in [-0.4, -0.2) is 31.7 Å². The van der Waals surface area contributed by atoms with E-state index >= 15 is 0 Å². The molecule has 3 aliphatic rings. The quantitative estimate of drug-likeness (QED) is 0.757. The summed E-state index contributed by atoms with van der Waals surface area (Å²) in [7, 11) is 0. The zero-order chi connectivity index (χ0) is 20.5. The third-order valence-electron chi connectivity index (χ3n) is 8.00. The first-order valence-corrected chi connectivity index (χ1v) is 11.6. The number of piperidine rings is 1. The Balaban J connectivity index is 1.65. The van der Waals surface area contributed by atoms with Crippen molar-refractivity contribution in [3.05, 3.63) is 35.9 Å². The number of amides is 1. The van der Waals surface area contributed by atoms with Gasteiger partial charge in [0.2, 0.25) is 5.91 Å². The van der Waals surface area contributed by atoms with Gasteiger partial charge in [0.1, 0.15) is 0 Å². The molecule has 29 heavy (non-hydrogen) atoms. The Bertz CT molecular complexity index is 710. The maximum Gasteiger partial charge on any atom is 0.226 e. The molecule has 1 saturated heterocycles. The number of fused-ring (bicyclic) bond motifs is 2. The van der Waals surface area contributed by atoms with Crippen LogP contribution in [0.15, 0.2) is 30.3 Å². The number of carbonyl (C=O) groups excluding carboxylic acids is 1. The number of carbonyl (C=O) groups is 1. The van der Waals surface area contributed by atoms with Crippen LogP contribution in [-0.2, 0) is 10.2 Å². The average molecular weight is 401 g/mol. The van der Waals surface area contributed by atoms with Gasteiger partial charge in [0.15, 0.2) is 0 Å². The van der Waals surface area contributed by atoms with Crippen molar-refractivity contribution in [1.82, 2.24) is 10.6 Å². The fourth-order valence-electron chi connectivity index (χ4n) is 6.99. The van der Waals surface area contributed by atoms with E-state index in [1.54, 1.807) is 0 Å². The van der Waals surface area contributed by atoms with Crippen molar-refractivity contribution < 1.29 is 9.18 Å². The van der Waals surface area contributed by atoms with Crippen molar-refractivity contribution >= 4 is 5.91 Å². The van der Waals surface area contributed by atoms with Crippen molar-refractivity contribution in [2.75, 3.05) is 19.8 Å². The van der Waals surface area contributed by atoms with E-state index in [9.17, 15) is 9.18 Å². The minimum atomic E-state index is -0.351. The summed E-state index contributed by atoms with van der Waals surface area (Å²) >= 11 is 0. The number of nitrogens with one attached hydrogen (secondary N) is 2. The normalized spacial score (nSPS) is 39.7. The maximum absolute atomic E-state index is 13.8. The molecule has 0 spiro atoms. The molecule has 4 rings (SSSR count). The molecule has 2 saturated carbocycles. The SMILES string of the molecule is CC1CC2(C(=O)NC3CCNCC3C)C[C@@H](CCF)C[C@](c3ccccc3)(C1)C2. The van der Waals surface area contributed by atoms with Crippen LogP contribution in [0.5, 0.6) is 0 Å². The van der Waals surface area contributed by atoms with Crippen LogP contribution in [0.4, 0.5) is 4.39 Å². The number of hydrogen-bond donors (Lipinski definition) is 2. The lowest BCUT2D eigenvalue weighted by Crippen LogP contribution is -2.58. The summed E-state index contributed by atoms with van der Waals surface area (Å²) in [6.45, 7) is 6.18. The lowest BCUT2D eigenvalue weighted by atomic mass is 9.48. The fourth-order valence-corrected chi connectivity index (χ4v) is 6.99. The largest absolute Gasteiger partial charge is 0.353 e. The number of rotatable bonds is 5. The minimum absolute atomic E-state index is 0.00803. The van der Waals surface area contributed by atoms with Gasteiger partial charge in [-0.25, -0.2) is 0 Å². The summed E-state index contributed by atoms with van der Waals surface area (Å²) in [4.78, 5) is 13.8. The molecule has 1 aromatic carbocycles. The predicted molar refractivity (Wildman–Crippen MR) is 115 cm³/mol. The van der Waals surface area contributed by atoms with Crippen LogP contribution >= 0.6 is 0 Å². The molecular weight excluding hydrogens is 363 g/mol. The molecule has 1 heterocycles. The van der Waals surface area contributed by atoms with Gasteiger partial charge in [-0.1, -0.05) is 44.2 Å². The first-order valence-electron chi connectivity index (χ1n) is 11.6. The van der Waals surface area contributed by atoms with E-state index in [1.807, 2.05) is 0 Å². The number of halogens is 1. The Morgan fingerprint density at radius 3 is 2.69 bits per heavy atom. The average Bonchev–Trinajstić information content (AvgIpc) is 2.70. The molecule has 2 bridgehead atoms. The topological polar surface area (TPSA) is 41.1 Å². The highest BCUT2D eigenvalue weighted by molar-refractivity contribution is 5.83. The molecule has 3 nitrogen and oxygen atoms in total. The third kappa shape index (κ3) is 4.10. The van der Waals surface area contributed by atoms with Crippen molar-refractivity contribution in [2.45, 2.75) is 70.3 Å². The monoisotopic (exact) mass is 400 g/mol. The third-order valence-corrected chi connectivity index (χ3v) is 8.00. The Morgan fingerprint density at radius 1 is 1.17 bits per heavy atom. The second-order valence-electron chi connectivity index (χ2n) is 10.4. The summed E-state index contributed by atoms with van der Waals surface area (Å²) in [6.07, 6.45) is 6.42. The Kier molecular flexibility index (Phi) is 6.02. The first-order chi connectivity index (χ1) is 14.0. The second-order valence-corrected chi connectivity index (χ2v) is 10.4. The van der Waals surface area contributed by atoms with Crippen molar-refractivity contribution in [3.8, 4) is 0 Å². The number of alkyl halides is 1. The van der Waals surface area contributed by atoms with E-state index in [-0.39, 0.29) is 35.4 Å². The summed E-state index contributed by atoms with van der Waals surface area (Å²) < 4.78 is 13.4.